The zero-order valence-corrected chi connectivity index (χ0v) is 16.8. The first-order valence-electron chi connectivity index (χ1n) is 9.56. The minimum Gasteiger partial charge on any atom is -0.493 e. The molecule has 0 amide bonds. The molecule has 29 heavy (non-hydrogen) atoms. The van der Waals surface area contributed by atoms with Crippen molar-refractivity contribution in [1.29, 1.82) is 0 Å². The van der Waals surface area contributed by atoms with Crippen molar-refractivity contribution in [2.24, 2.45) is 7.05 Å². The number of nitrogens with zero attached hydrogens (tertiary/aromatic N) is 6. The molecule has 0 bridgehead atoms. The summed E-state index contributed by atoms with van der Waals surface area (Å²) in [6.07, 6.45) is 1.51. The van der Waals surface area contributed by atoms with Crippen molar-refractivity contribution < 1.29 is 9.26 Å². The normalized spacial score (nSPS) is 11.3. The lowest BCUT2D eigenvalue weighted by Gasteiger charge is -2.12. The minimum atomic E-state index is -0.243. The molecule has 0 saturated heterocycles. The SMILES string of the molecule is CCCc1c2nc(-c3ccccc3OCC)n(C)c(=O)c2nn1-c1noc(C)n1. The highest BCUT2D eigenvalue weighted by molar-refractivity contribution is 5.80. The van der Waals surface area contributed by atoms with Crippen LogP contribution in [0.3, 0.4) is 0 Å². The van der Waals surface area contributed by atoms with E-state index >= 15 is 0 Å². The van der Waals surface area contributed by atoms with Crippen molar-refractivity contribution in [2.75, 3.05) is 6.61 Å². The average molecular weight is 394 g/mol. The molecule has 0 atom stereocenters. The lowest BCUT2D eigenvalue weighted by molar-refractivity contribution is 0.341. The number of para-hydroxylation sites is 1. The standard InChI is InChI=1S/C20H22N6O3/c1-5-9-14-16-17(23-26(14)20-21-12(3)29-24-20)19(27)25(4)18(22-16)13-10-7-8-11-15(13)28-6-2/h7-8,10-11H,5-6,9H2,1-4H3. The Kier molecular flexibility index (Phi) is 4.87. The van der Waals surface area contributed by atoms with Crippen LogP contribution in [0.1, 0.15) is 31.9 Å². The van der Waals surface area contributed by atoms with Crippen LogP contribution in [0.2, 0.25) is 0 Å². The van der Waals surface area contributed by atoms with Gasteiger partial charge in [0.2, 0.25) is 5.89 Å². The highest BCUT2D eigenvalue weighted by Gasteiger charge is 2.22. The van der Waals surface area contributed by atoms with Gasteiger partial charge in [-0.15, -0.1) is 0 Å². The zero-order chi connectivity index (χ0) is 20.5. The van der Waals surface area contributed by atoms with E-state index in [9.17, 15) is 4.79 Å². The Bertz CT molecular complexity index is 1240. The first kappa shape index (κ1) is 18.9. The molecular weight excluding hydrogens is 372 g/mol. The fraction of sp³-hybridized carbons (Fsp3) is 0.350. The van der Waals surface area contributed by atoms with Crippen molar-refractivity contribution in [3.05, 3.63) is 46.2 Å². The van der Waals surface area contributed by atoms with Crippen LogP contribution in [0.5, 0.6) is 5.75 Å². The van der Waals surface area contributed by atoms with E-state index in [2.05, 4.69) is 22.2 Å². The lowest BCUT2D eigenvalue weighted by Crippen LogP contribution is -2.20. The van der Waals surface area contributed by atoms with Crippen LogP contribution in [-0.2, 0) is 13.5 Å². The highest BCUT2D eigenvalue weighted by Crippen LogP contribution is 2.29. The smallest absolute Gasteiger partial charge is 0.291 e. The molecule has 9 nitrogen and oxygen atoms in total. The third-order valence-corrected chi connectivity index (χ3v) is 4.62. The third-order valence-electron chi connectivity index (χ3n) is 4.62. The minimum absolute atomic E-state index is 0.243. The average Bonchev–Trinajstić information content (AvgIpc) is 3.30. The Morgan fingerprint density at radius 2 is 1.93 bits per heavy atom. The molecule has 0 aliphatic carbocycles. The quantitative estimate of drug-likeness (QED) is 0.495. The maximum Gasteiger partial charge on any atom is 0.291 e. The molecule has 0 N–H and O–H groups in total. The van der Waals surface area contributed by atoms with Crippen molar-refractivity contribution in [3.63, 3.8) is 0 Å². The molecule has 0 fully saturated rings. The molecule has 3 aromatic heterocycles. The van der Waals surface area contributed by atoms with Gasteiger partial charge in [0.05, 0.1) is 17.9 Å². The van der Waals surface area contributed by atoms with Gasteiger partial charge in [-0.2, -0.15) is 14.8 Å². The van der Waals surface area contributed by atoms with Crippen LogP contribution in [0.25, 0.3) is 28.4 Å². The number of aromatic nitrogens is 6. The van der Waals surface area contributed by atoms with Crippen LogP contribution >= 0.6 is 0 Å². The second-order valence-electron chi connectivity index (χ2n) is 6.65. The summed E-state index contributed by atoms with van der Waals surface area (Å²) in [5.74, 6) is 1.92. The number of aryl methyl sites for hydroxylation is 2. The van der Waals surface area contributed by atoms with E-state index < -0.39 is 0 Å². The largest absolute Gasteiger partial charge is 0.493 e. The predicted molar refractivity (Wildman–Crippen MR) is 107 cm³/mol. The van der Waals surface area contributed by atoms with E-state index in [-0.39, 0.29) is 11.1 Å². The van der Waals surface area contributed by atoms with Crippen LogP contribution < -0.4 is 10.3 Å². The van der Waals surface area contributed by atoms with Gasteiger partial charge in [0.15, 0.2) is 5.52 Å². The molecule has 0 aliphatic heterocycles. The van der Waals surface area contributed by atoms with Gasteiger partial charge in [0.25, 0.3) is 11.5 Å². The summed E-state index contributed by atoms with van der Waals surface area (Å²) in [4.78, 5) is 22.2. The van der Waals surface area contributed by atoms with Crippen LogP contribution in [0.4, 0.5) is 0 Å². The van der Waals surface area contributed by atoms with E-state index in [0.29, 0.717) is 42.0 Å². The summed E-state index contributed by atoms with van der Waals surface area (Å²) in [6, 6.07) is 7.55. The number of benzene rings is 1. The van der Waals surface area contributed by atoms with Gasteiger partial charge in [-0.1, -0.05) is 25.5 Å². The third kappa shape index (κ3) is 3.18. The Labute approximate surface area is 166 Å². The molecule has 0 unspecified atom stereocenters. The van der Waals surface area contributed by atoms with Gasteiger partial charge < -0.3 is 9.26 Å². The summed E-state index contributed by atoms with van der Waals surface area (Å²) < 4.78 is 13.9. The lowest BCUT2D eigenvalue weighted by atomic mass is 10.1. The monoisotopic (exact) mass is 394 g/mol. The molecule has 0 saturated carbocycles. The van der Waals surface area contributed by atoms with E-state index in [1.807, 2.05) is 31.2 Å². The highest BCUT2D eigenvalue weighted by atomic mass is 16.5. The van der Waals surface area contributed by atoms with Crippen LogP contribution in [0, 0.1) is 6.92 Å². The summed E-state index contributed by atoms with van der Waals surface area (Å²) in [6.45, 7) is 6.20. The number of hydrogen-bond acceptors (Lipinski definition) is 7. The van der Waals surface area contributed by atoms with Crippen molar-refractivity contribution >= 4 is 11.0 Å². The van der Waals surface area contributed by atoms with Gasteiger partial charge in [0.1, 0.15) is 17.1 Å². The summed E-state index contributed by atoms with van der Waals surface area (Å²) in [5, 5.41) is 8.43. The molecule has 0 spiro atoms. The van der Waals surface area contributed by atoms with Crippen molar-refractivity contribution in [2.45, 2.75) is 33.6 Å². The summed E-state index contributed by atoms with van der Waals surface area (Å²) in [5.41, 5.74) is 2.10. The first-order valence-corrected chi connectivity index (χ1v) is 9.56. The molecule has 0 aliphatic rings. The topological polar surface area (TPSA) is 101 Å². The first-order chi connectivity index (χ1) is 14.0. The van der Waals surface area contributed by atoms with Crippen molar-refractivity contribution in [1.82, 2.24) is 29.5 Å². The predicted octanol–water partition coefficient (Wildman–Crippen LogP) is 2.83. The molecule has 9 heteroatoms. The number of hydrogen-bond donors (Lipinski definition) is 0. The van der Waals surface area contributed by atoms with Gasteiger partial charge in [-0.25, -0.2) is 4.98 Å². The summed E-state index contributed by atoms with van der Waals surface area (Å²) in [7, 11) is 1.68. The number of ether oxygens (including phenoxy) is 1. The fourth-order valence-electron chi connectivity index (χ4n) is 3.32. The molecule has 3 heterocycles. The Morgan fingerprint density at radius 1 is 1.14 bits per heavy atom. The van der Waals surface area contributed by atoms with E-state index in [1.165, 1.54) is 4.57 Å². The van der Waals surface area contributed by atoms with E-state index in [4.69, 9.17) is 14.2 Å². The molecule has 0 radical (unpaired) electrons. The molecule has 4 rings (SSSR count). The second kappa shape index (κ2) is 7.50. The van der Waals surface area contributed by atoms with E-state index in [0.717, 1.165) is 17.7 Å². The molecule has 1 aromatic carbocycles. The van der Waals surface area contributed by atoms with Crippen molar-refractivity contribution in [3.8, 4) is 23.1 Å². The van der Waals surface area contributed by atoms with Gasteiger partial charge in [-0.3, -0.25) is 9.36 Å². The Balaban J connectivity index is 2.01. The summed E-state index contributed by atoms with van der Waals surface area (Å²) >= 11 is 0. The second-order valence-corrected chi connectivity index (χ2v) is 6.65. The Morgan fingerprint density at radius 3 is 2.62 bits per heavy atom. The molecule has 4 aromatic rings. The Hall–Kier alpha value is -3.49. The van der Waals surface area contributed by atoms with Gasteiger partial charge >= 0.3 is 0 Å². The van der Waals surface area contributed by atoms with Gasteiger partial charge in [-0.05, 0) is 30.6 Å². The maximum atomic E-state index is 13.1. The van der Waals surface area contributed by atoms with E-state index in [1.54, 1.807) is 18.7 Å². The molecular formula is C20H22N6O3. The maximum absolute atomic E-state index is 13.1. The van der Waals surface area contributed by atoms with Crippen LogP contribution in [-0.4, -0.2) is 36.1 Å². The number of fused-ring (bicyclic) bond motifs is 1. The van der Waals surface area contributed by atoms with Gasteiger partial charge in [0, 0.05) is 14.0 Å². The zero-order valence-electron chi connectivity index (χ0n) is 16.8. The molecule has 150 valence electrons. The fourth-order valence-corrected chi connectivity index (χ4v) is 3.32. The van der Waals surface area contributed by atoms with Crippen LogP contribution in [0.15, 0.2) is 33.6 Å². The number of rotatable bonds is 6.